The molecular formula is C19H24FN3O2. The lowest BCUT2D eigenvalue weighted by molar-refractivity contribution is 0.0673. The summed E-state index contributed by atoms with van der Waals surface area (Å²) in [5.41, 5.74) is 0.517. The average Bonchev–Trinajstić information content (AvgIpc) is 3.12. The second-order valence-electron chi connectivity index (χ2n) is 6.36. The van der Waals surface area contributed by atoms with E-state index in [1.54, 1.807) is 28.9 Å². The number of likely N-dealkylation sites (tertiary alicyclic amines) is 1. The van der Waals surface area contributed by atoms with E-state index in [9.17, 15) is 9.18 Å². The molecule has 0 N–H and O–H groups in total. The van der Waals surface area contributed by atoms with Gasteiger partial charge < -0.3 is 9.64 Å². The van der Waals surface area contributed by atoms with Crippen molar-refractivity contribution < 1.29 is 13.9 Å². The lowest BCUT2D eigenvalue weighted by atomic mass is 9.94. The molecule has 1 aromatic heterocycles. The molecule has 0 atom stereocenters. The monoisotopic (exact) mass is 345 g/mol. The predicted octanol–water partition coefficient (Wildman–Crippen LogP) is 3.36. The third-order valence-electron chi connectivity index (χ3n) is 4.71. The molecule has 2 aromatic rings. The molecule has 1 aliphatic heterocycles. The van der Waals surface area contributed by atoms with Crippen LogP contribution in [-0.2, 0) is 6.54 Å². The van der Waals surface area contributed by atoms with Gasteiger partial charge in [-0.3, -0.25) is 9.48 Å². The van der Waals surface area contributed by atoms with Crippen LogP contribution in [0, 0.1) is 11.7 Å². The van der Waals surface area contributed by atoms with Crippen LogP contribution in [0.5, 0.6) is 5.75 Å². The van der Waals surface area contributed by atoms with E-state index in [2.05, 4.69) is 5.10 Å². The molecule has 0 spiro atoms. The molecule has 0 saturated carbocycles. The Hall–Kier alpha value is -2.37. The van der Waals surface area contributed by atoms with Crippen LogP contribution in [0.3, 0.4) is 0 Å². The number of para-hydroxylation sites is 1. The van der Waals surface area contributed by atoms with Gasteiger partial charge >= 0.3 is 0 Å². The van der Waals surface area contributed by atoms with E-state index < -0.39 is 0 Å². The fourth-order valence-corrected chi connectivity index (χ4v) is 3.14. The maximum absolute atomic E-state index is 13.5. The lowest BCUT2D eigenvalue weighted by Gasteiger charge is -2.31. The van der Waals surface area contributed by atoms with Gasteiger partial charge in [-0.15, -0.1) is 0 Å². The van der Waals surface area contributed by atoms with E-state index in [1.165, 1.54) is 6.07 Å². The third kappa shape index (κ3) is 4.38. The first-order valence-corrected chi connectivity index (χ1v) is 8.87. The van der Waals surface area contributed by atoms with Crippen LogP contribution in [0.1, 0.15) is 36.7 Å². The highest BCUT2D eigenvalue weighted by Crippen LogP contribution is 2.23. The molecule has 1 amide bonds. The molecule has 0 bridgehead atoms. The SMILES string of the molecule is CCn1ccc(C(=O)N2CCC(CCOc3ccccc3F)CC2)n1. The Morgan fingerprint density at radius 2 is 2.04 bits per heavy atom. The van der Waals surface area contributed by atoms with E-state index in [-0.39, 0.29) is 11.7 Å². The molecule has 25 heavy (non-hydrogen) atoms. The summed E-state index contributed by atoms with van der Waals surface area (Å²) in [5.74, 6) is 0.494. The second kappa shape index (κ2) is 8.14. The van der Waals surface area contributed by atoms with Gasteiger partial charge in [0.05, 0.1) is 6.61 Å². The number of amides is 1. The summed E-state index contributed by atoms with van der Waals surface area (Å²) >= 11 is 0. The topological polar surface area (TPSA) is 47.4 Å². The normalized spacial score (nSPS) is 15.4. The molecule has 3 rings (SSSR count). The number of benzene rings is 1. The van der Waals surface area contributed by atoms with Crippen molar-refractivity contribution in [1.82, 2.24) is 14.7 Å². The predicted molar refractivity (Wildman–Crippen MR) is 93.0 cm³/mol. The van der Waals surface area contributed by atoms with Crippen LogP contribution in [0.15, 0.2) is 36.5 Å². The van der Waals surface area contributed by atoms with Gasteiger partial charge in [0, 0.05) is 25.8 Å². The van der Waals surface area contributed by atoms with Gasteiger partial charge in [-0.1, -0.05) is 12.1 Å². The first-order valence-electron chi connectivity index (χ1n) is 8.87. The van der Waals surface area contributed by atoms with Gasteiger partial charge in [-0.05, 0) is 50.3 Å². The molecule has 0 aliphatic carbocycles. The molecule has 2 heterocycles. The number of hydrogen-bond donors (Lipinski definition) is 0. The minimum Gasteiger partial charge on any atom is -0.491 e. The fraction of sp³-hybridized carbons (Fsp3) is 0.474. The molecule has 6 heteroatoms. The molecule has 0 unspecified atom stereocenters. The zero-order chi connectivity index (χ0) is 17.6. The average molecular weight is 345 g/mol. The third-order valence-corrected chi connectivity index (χ3v) is 4.71. The first kappa shape index (κ1) is 17.5. The van der Waals surface area contributed by atoms with E-state index in [0.717, 1.165) is 38.9 Å². The van der Waals surface area contributed by atoms with Crippen molar-refractivity contribution in [2.45, 2.75) is 32.7 Å². The number of carbonyl (C=O) groups is 1. The van der Waals surface area contributed by atoms with E-state index >= 15 is 0 Å². The van der Waals surface area contributed by atoms with Gasteiger partial charge in [0.15, 0.2) is 11.6 Å². The zero-order valence-corrected chi connectivity index (χ0v) is 14.5. The number of halogens is 1. The van der Waals surface area contributed by atoms with Crippen LogP contribution in [0.25, 0.3) is 0 Å². The smallest absolute Gasteiger partial charge is 0.274 e. The van der Waals surface area contributed by atoms with Crippen molar-refractivity contribution in [3.63, 3.8) is 0 Å². The van der Waals surface area contributed by atoms with Crippen molar-refractivity contribution in [3.8, 4) is 5.75 Å². The van der Waals surface area contributed by atoms with Crippen molar-refractivity contribution in [2.75, 3.05) is 19.7 Å². The highest BCUT2D eigenvalue weighted by atomic mass is 19.1. The van der Waals surface area contributed by atoms with Crippen LogP contribution < -0.4 is 4.74 Å². The Kier molecular flexibility index (Phi) is 5.68. The highest BCUT2D eigenvalue weighted by Gasteiger charge is 2.24. The van der Waals surface area contributed by atoms with E-state index in [0.29, 0.717) is 24.0 Å². The van der Waals surface area contributed by atoms with E-state index in [4.69, 9.17) is 4.74 Å². The number of carbonyl (C=O) groups excluding carboxylic acids is 1. The molecule has 1 aromatic carbocycles. The Morgan fingerprint density at radius 1 is 1.28 bits per heavy atom. The van der Waals surface area contributed by atoms with E-state index in [1.807, 2.05) is 18.0 Å². The Balaban J connectivity index is 1.42. The first-order chi connectivity index (χ1) is 12.2. The minimum atomic E-state index is -0.325. The molecule has 1 fully saturated rings. The van der Waals surface area contributed by atoms with Gasteiger partial charge in [-0.25, -0.2) is 4.39 Å². The molecular weight excluding hydrogens is 321 g/mol. The Labute approximate surface area is 147 Å². The summed E-state index contributed by atoms with van der Waals surface area (Å²) in [7, 11) is 0. The Morgan fingerprint density at radius 3 is 2.72 bits per heavy atom. The maximum atomic E-state index is 13.5. The number of aromatic nitrogens is 2. The van der Waals surface area contributed by atoms with Crippen molar-refractivity contribution in [2.24, 2.45) is 5.92 Å². The molecule has 0 radical (unpaired) electrons. The van der Waals surface area contributed by atoms with Gasteiger partial charge in [0.1, 0.15) is 5.69 Å². The summed E-state index contributed by atoms with van der Waals surface area (Å²) in [4.78, 5) is 14.3. The number of aryl methyl sites for hydroxylation is 1. The second-order valence-corrected chi connectivity index (χ2v) is 6.36. The summed E-state index contributed by atoms with van der Waals surface area (Å²) in [6.07, 6.45) is 4.60. The fourth-order valence-electron chi connectivity index (χ4n) is 3.14. The summed E-state index contributed by atoms with van der Waals surface area (Å²) in [6, 6.07) is 8.24. The van der Waals surface area contributed by atoms with Crippen LogP contribution in [0.2, 0.25) is 0 Å². The molecule has 5 nitrogen and oxygen atoms in total. The van der Waals surface area contributed by atoms with Crippen LogP contribution in [-0.4, -0.2) is 40.3 Å². The van der Waals surface area contributed by atoms with Gasteiger partial charge in [-0.2, -0.15) is 5.10 Å². The Bertz CT molecular complexity index is 708. The maximum Gasteiger partial charge on any atom is 0.274 e. The highest BCUT2D eigenvalue weighted by molar-refractivity contribution is 5.92. The number of rotatable bonds is 6. The number of hydrogen-bond acceptors (Lipinski definition) is 3. The molecule has 134 valence electrons. The minimum absolute atomic E-state index is 0.00765. The van der Waals surface area contributed by atoms with Crippen molar-refractivity contribution >= 4 is 5.91 Å². The largest absolute Gasteiger partial charge is 0.491 e. The quantitative estimate of drug-likeness (QED) is 0.806. The van der Waals surface area contributed by atoms with Gasteiger partial charge in [0.2, 0.25) is 0 Å². The number of ether oxygens (including phenoxy) is 1. The van der Waals surface area contributed by atoms with Crippen LogP contribution >= 0.6 is 0 Å². The zero-order valence-electron chi connectivity index (χ0n) is 14.5. The summed E-state index contributed by atoms with van der Waals surface area (Å²) < 4.78 is 20.8. The van der Waals surface area contributed by atoms with Crippen molar-refractivity contribution in [3.05, 3.63) is 48.0 Å². The molecule has 1 saturated heterocycles. The standard InChI is InChI=1S/C19H24FN3O2/c1-2-23-13-9-17(21-23)19(24)22-11-7-15(8-12-22)10-14-25-18-6-4-3-5-16(18)20/h3-6,9,13,15H,2,7-8,10-12,14H2,1H3. The molecule has 1 aliphatic rings. The van der Waals surface area contributed by atoms with Crippen LogP contribution in [0.4, 0.5) is 4.39 Å². The van der Waals surface area contributed by atoms with Gasteiger partial charge in [0.25, 0.3) is 5.91 Å². The summed E-state index contributed by atoms with van der Waals surface area (Å²) in [6.45, 7) is 4.73. The lowest BCUT2D eigenvalue weighted by Crippen LogP contribution is -2.39. The summed E-state index contributed by atoms with van der Waals surface area (Å²) in [5, 5.41) is 4.28. The number of piperidine rings is 1. The van der Waals surface area contributed by atoms with Crippen molar-refractivity contribution in [1.29, 1.82) is 0 Å². The number of nitrogens with zero attached hydrogens (tertiary/aromatic N) is 3.